The number of nitrogens with zero attached hydrogens (tertiary/aromatic N) is 5. The van der Waals surface area contributed by atoms with Gasteiger partial charge in [0.15, 0.2) is 0 Å². The molecule has 1 aliphatic rings. The summed E-state index contributed by atoms with van der Waals surface area (Å²) in [6.45, 7) is 7.12. The summed E-state index contributed by atoms with van der Waals surface area (Å²) >= 11 is 0. The van der Waals surface area contributed by atoms with Crippen molar-refractivity contribution in [3.05, 3.63) is 30.9 Å². The van der Waals surface area contributed by atoms with Gasteiger partial charge >= 0.3 is 6.09 Å². The Balaban J connectivity index is 1.51. The second kappa shape index (κ2) is 8.75. The van der Waals surface area contributed by atoms with Crippen molar-refractivity contribution in [1.82, 2.24) is 25.1 Å². The molecule has 0 bridgehead atoms. The molecule has 8 heteroatoms. The van der Waals surface area contributed by atoms with E-state index in [2.05, 4.69) is 20.2 Å². The molecule has 2 aromatic rings. The van der Waals surface area contributed by atoms with Gasteiger partial charge in [0.05, 0.1) is 36.6 Å². The molecule has 1 saturated heterocycles. The molecule has 144 valence electrons. The third kappa shape index (κ3) is 5.12. The number of carbonyl (C=O) groups excluding carboxylic acids is 1. The fourth-order valence-corrected chi connectivity index (χ4v) is 3.08. The SMILES string of the molecule is CC(C)OC(=O)N1CCC(C(C)Oc2cnc(-c3ccnnc3)cn2)CC1. The topological polar surface area (TPSA) is 90.3 Å². The van der Waals surface area contributed by atoms with E-state index < -0.39 is 0 Å². The number of hydrogen-bond acceptors (Lipinski definition) is 7. The molecule has 1 fully saturated rings. The Bertz CT molecular complexity index is 731. The van der Waals surface area contributed by atoms with Crippen LogP contribution in [0.3, 0.4) is 0 Å². The molecule has 2 aromatic heterocycles. The highest BCUT2D eigenvalue weighted by Gasteiger charge is 2.28. The molecule has 27 heavy (non-hydrogen) atoms. The fraction of sp³-hybridized carbons (Fsp3) is 0.526. The average Bonchev–Trinajstić information content (AvgIpc) is 2.69. The van der Waals surface area contributed by atoms with Gasteiger partial charge in [-0.3, -0.25) is 0 Å². The third-order valence-corrected chi connectivity index (χ3v) is 4.61. The van der Waals surface area contributed by atoms with E-state index >= 15 is 0 Å². The molecule has 3 heterocycles. The number of amides is 1. The minimum atomic E-state index is -0.232. The molecule has 1 aliphatic heterocycles. The maximum absolute atomic E-state index is 12.0. The Hall–Kier alpha value is -2.77. The normalized spacial score (nSPS) is 16.2. The first-order valence-corrected chi connectivity index (χ1v) is 9.24. The van der Waals surface area contributed by atoms with Crippen LogP contribution < -0.4 is 4.74 Å². The van der Waals surface area contributed by atoms with Crippen LogP contribution in [0.4, 0.5) is 4.79 Å². The monoisotopic (exact) mass is 371 g/mol. The lowest BCUT2D eigenvalue weighted by Crippen LogP contribution is -2.42. The van der Waals surface area contributed by atoms with E-state index in [1.54, 1.807) is 29.7 Å². The molecule has 0 saturated carbocycles. The minimum Gasteiger partial charge on any atom is -0.473 e. The van der Waals surface area contributed by atoms with E-state index in [4.69, 9.17) is 9.47 Å². The smallest absolute Gasteiger partial charge is 0.410 e. The molecule has 0 aromatic carbocycles. The van der Waals surface area contributed by atoms with Crippen molar-refractivity contribution in [1.29, 1.82) is 0 Å². The molecule has 0 aliphatic carbocycles. The van der Waals surface area contributed by atoms with Gasteiger partial charge in [0.2, 0.25) is 5.88 Å². The lowest BCUT2D eigenvalue weighted by molar-refractivity contribution is 0.0485. The summed E-state index contributed by atoms with van der Waals surface area (Å²) in [6.07, 6.45) is 7.98. The number of ether oxygens (including phenoxy) is 2. The summed E-state index contributed by atoms with van der Waals surface area (Å²) in [5.74, 6) is 0.855. The summed E-state index contributed by atoms with van der Waals surface area (Å²) in [5.41, 5.74) is 1.58. The molecule has 8 nitrogen and oxygen atoms in total. The lowest BCUT2D eigenvalue weighted by Gasteiger charge is -2.34. The summed E-state index contributed by atoms with van der Waals surface area (Å²) in [7, 11) is 0. The Morgan fingerprint density at radius 3 is 2.48 bits per heavy atom. The molecule has 0 radical (unpaired) electrons. The van der Waals surface area contributed by atoms with Crippen LogP contribution in [-0.4, -0.2) is 56.5 Å². The molecular formula is C19H25N5O3. The van der Waals surface area contributed by atoms with E-state index in [9.17, 15) is 4.79 Å². The Kier molecular flexibility index (Phi) is 6.16. The quantitative estimate of drug-likeness (QED) is 0.798. The van der Waals surface area contributed by atoms with Gasteiger partial charge in [0.1, 0.15) is 6.10 Å². The van der Waals surface area contributed by atoms with Crippen LogP contribution in [0, 0.1) is 5.92 Å². The highest BCUT2D eigenvalue weighted by molar-refractivity contribution is 5.67. The first-order chi connectivity index (χ1) is 13.0. The Labute approximate surface area is 158 Å². The van der Waals surface area contributed by atoms with Gasteiger partial charge in [-0.1, -0.05) is 0 Å². The van der Waals surface area contributed by atoms with Crippen molar-refractivity contribution in [2.45, 2.75) is 45.8 Å². The number of piperidine rings is 1. The van der Waals surface area contributed by atoms with Gasteiger partial charge in [-0.25, -0.2) is 14.8 Å². The van der Waals surface area contributed by atoms with E-state index in [0.717, 1.165) is 24.1 Å². The van der Waals surface area contributed by atoms with Crippen LogP contribution in [-0.2, 0) is 4.74 Å². The second-order valence-corrected chi connectivity index (χ2v) is 6.95. The van der Waals surface area contributed by atoms with Gasteiger partial charge in [0.25, 0.3) is 0 Å². The number of aromatic nitrogens is 4. The van der Waals surface area contributed by atoms with E-state index in [-0.39, 0.29) is 18.3 Å². The molecule has 0 N–H and O–H groups in total. The van der Waals surface area contributed by atoms with Crippen LogP contribution in [0.5, 0.6) is 5.88 Å². The summed E-state index contributed by atoms with van der Waals surface area (Å²) in [6, 6.07) is 1.83. The van der Waals surface area contributed by atoms with Crippen LogP contribution in [0.25, 0.3) is 11.3 Å². The van der Waals surface area contributed by atoms with Gasteiger partial charge < -0.3 is 14.4 Å². The first-order valence-electron chi connectivity index (χ1n) is 9.24. The maximum Gasteiger partial charge on any atom is 0.410 e. The third-order valence-electron chi connectivity index (χ3n) is 4.61. The Morgan fingerprint density at radius 2 is 1.89 bits per heavy atom. The number of rotatable bonds is 5. The van der Waals surface area contributed by atoms with E-state index in [0.29, 0.717) is 24.9 Å². The highest BCUT2D eigenvalue weighted by atomic mass is 16.6. The predicted octanol–water partition coefficient (Wildman–Crippen LogP) is 2.96. The minimum absolute atomic E-state index is 0.00369. The predicted molar refractivity (Wildman–Crippen MR) is 99.1 cm³/mol. The summed E-state index contributed by atoms with van der Waals surface area (Å²) in [5, 5.41) is 7.60. The molecule has 0 spiro atoms. The molecule has 1 amide bonds. The van der Waals surface area contributed by atoms with Crippen molar-refractivity contribution < 1.29 is 14.3 Å². The van der Waals surface area contributed by atoms with Gasteiger partial charge in [-0.15, -0.1) is 0 Å². The maximum atomic E-state index is 12.0. The van der Waals surface area contributed by atoms with Crippen LogP contribution >= 0.6 is 0 Å². The van der Waals surface area contributed by atoms with Gasteiger partial charge in [-0.05, 0) is 45.6 Å². The number of hydrogen-bond donors (Lipinski definition) is 0. The molecule has 1 atom stereocenters. The van der Waals surface area contributed by atoms with E-state index in [1.807, 2.05) is 26.8 Å². The molecular weight excluding hydrogens is 346 g/mol. The van der Waals surface area contributed by atoms with Crippen LogP contribution in [0.1, 0.15) is 33.6 Å². The Morgan fingerprint density at radius 1 is 1.11 bits per heavy atom. The zero-order valence-electron chi connectivity index (χ0n) is 15.9. The molecule has 1 unspecified atom stereocenters. The standard InChI is InChI=1S/C19H25N5O3/c1-13(2)26-19(25)24-8-5-15(6-9-24)14(3)27-18-12-20-17(11-21-18)16-4-7-22-23-10-16/h4,7,10-15H,5-6,8-9H2,1-3H3. The fourth-order valence-electron chi connectivity index (χ4n) is 3.08. The van der Waals surface area contributed by atoms with Crippen LogP contribution in [0.15, 0.2) is 30.9 Å². The lowest BCUT2D eigenvalue weighted by atomic mass is 9.92. The van der Waals surface area contributed by atoms with E-state index in [1.165, 1.54) is 0 Å². The van der Waals surface area contributed by atoms with Gasteiger partial charge in [0, 0.05) is 18.7 Å². The van der Waals surface area contributed by atoms with Crippen molar-refractivity contribution in [3.8, 4) is 17.1 Å². The highest BCUT2D eigenvalue weighted by Crippen LogP contribution is 2.24. The summed E-state index contributed by atoms with van der Waals surface area (Å²) in [4.78, 5) is 22.5. The van der Waals surface area contributed by atoms with Gasteiger partial charge in [-0.2, -0.15) is 10.2 Å². The second-order valence-electron chi connectivity index (χ2n) is 6.95. The first kappa shape index (κ1) is 19.0. The summed E-state index contributed by atoms with van der Waals surface area (Å²) < 4.78 is 11.2. The zero-order chi connectivity index (χ0) is 19.2. The molecule has 3 rings (SSSR count). The number of likely N-dealkylation sites (tertiary alicyclic amines) is 1. The van der Waals surface area contributed by atoms with Crippen LogP contribution in [0.2, 0.25) is 0 Å². The van der Waals surface area contributed by atoms with Crippen molar-refractivity contribution >= 4 is 6.09 Å². The number of carbonyl (C=O) groups is 1. The zero-order valence-corrected chi connectivity index (χ0v) is 15.9. The largest absolute Gasteiger partial charge is 0.473 e. The van der Waals surface area contributed by atoms with Crippen molar-refractivity contribution in [2.24, 2.45) is 5.92 Å². The van der Waals surface area contributed by atoms with Crippen molar-refractivity contribution in [2.75, 3.05) is 13.1 Å². The van der Waals surface area contributed by atoms with Crippen molar-refractivity contribution in [3.63, 3.8) is 0 Å². The average molecular weight is 371 g/mol.